The van der Waals surface area contributed by atoms with Crippen LogP contribution in [0.4, 0.5) is 5.95 Å². The van der Waals surface area contributed by atoms with Gasteiger partial charge in [-0.25, -0.2) is 4.98 Å². The lowest BCUT2D eigenvalue weighted by atomic mass is 10.00. The minimum Gasteiger partial charge on any atom is -0.369 e. The third-order valence-corrected chi connectivity index (χ3v) is 4.30. The Hall–Kier alpha value is -3.39. The first-order valence-corrected chi connectivity index (χ1v) is 7.63. The van der Waals surface area contributed by atoms with Gasteiger partial charge in [0.25, 0.3) is 0 Å². The van der Waals surface area contributed by atoms with Crippen molar-refractivity contribution in [2.24, 2.45) is 7.05 Å². The second kappa shape index (κ2) is 5.36. The Labute approximate surface area is 139 Å². The summed E-state index contributed by atoms with van der Waals surface area (Å²) in [6.07, 6.45) is 4.38. The molecule has 0 aliphatic carbocycles. The number of nitriles is 1. The van der Waals surface area contributed by atoms with Crippen molar-refractivity contribution in [3.8, 4) is 6.07 Å². The lowest BCUT2D eigenvalue weighted by molar-refractivity contribution is 0.963. The number of aromatic nitrogens is 3. The average Bonchev–Trinajstić information content (AvgIpc) is 2.88. The fourth-order valence-electron chi connectivity index (χ4n) is 3.10. The Kier molecular flexibility index (Phi) is 3.17. The number of imidazole rings is 1. The normalized spacial score (nSPS) is 11.0. The molecule has 0 radical (unpaired) electrons. The molecule has 0 unspecified atom stereocenters. The van der Waals surface area contributed by atoms with Gasteiger partial charge < -0.3 is 10.3 Å². The maximum absolute atomic E-state index is 9.46. The molecule has 0 fully saturated rings. The van der Waals surface area contributed by atoms with Crippen molar-refractivity contribution in [1.29, 1.82) is 5.26 Å². The molecular weight excluding hydrogens is 298 g/mol. The van der Waals surface area contributed by atoms with Crippen molar-refractivity contribution < 1.29 is 0 Å². The smallest absolute Gasteiger partial charge is 0.200 e. The van der Waals surface area contributed by atoms with Gasteiger partial charge in [-0.05, 0) is 47.2 Å². The summed E-state index contributed by atoms with van der Waals surface area (Å²) in [5.74, 6) is 0.412. The second-order valence-electron chi connectivity index (χ2n) is 5.89. The van der Waals surface area contributed by atoms with E-state index in [1.807, 2.05) is 31.4 Å². The van der Waals surface area contributed by atoms with Crippen molar-refractivity contribution in [1.82, 2.24) is 14.5 Å². The van der Waals surface area contributed by atoms with E-state index in [9.17, 15) is 5.26 Å². The van der Waals surface area contributed by atoms with Gasteiger partial charge >= 0.3 is 0 Å². The fraction of sp³-hybridized carbons (Fsp3) is 0.105. The summed E-state index contributed by atoms with van der Waals surface area (Å²) in [5.41, 5.74) is 10.2. The van der Waals surface area contributed by atoms with Crippen molar-refractivity contribution in [2.45, 2.75) is 6.42 Å². The minimum absolute atomic E-state index is 0.412. The Morgan fingerprint density at radius 1 is 1.12 bits per heavy atom. The van der Waals surface area contributed by atoms with Crippen LogP contribution in [-0.2, 0) is 13.5 Å². The average molecular weight is 313 g/mol. The highest BCUT2D eigenvalue weighted by molar-refractivity contribution is 5.85. The van der Waals surface area contributed by atoms with Crippen LogP contribution < -0.4 is 5.73 Å². The van der Waals surface area contributed by atoms with Crippen molar-refractivity contribution >= 4 is 27.8 Å². The van der Waals surface area contributed by atoms with Crippen LogP contribution in [0.2, 0.25) is 0 Å². The first-order valence-electron chi connectivity index (χ1n) is 7.63. The van der Waals surface area contributed by atoms with Crippen LogP contribution in [0.5, 0.6) is 0 Å². The number of rotatable bonds is 2. The summed E-state index contributed by atoms with van der Waals surface area (Å²) >= 11 is 0. The van der Waals surface area contributed by atoms with Crippen LogP contribution in [0.25, 0.3) is 21.8 Å². The van der Waals surface area contributed by atoms with Gasteiger partial charge in [0.15, 0.2) is 0 Å². The molecule has 0 saturated carbocycles. The van der Waals surface area contributed by atoms with E-state index in [0.29, 0.717) is 11.5 Å². The molecule has 4 aromatic rings. The largest absolute Gasteiger partial charge is 0.369 e. The number of hydrogen-bond donors (Lipinski definition) is 1. The van der Waals surface area contributed by atoms with E-state index in [1.165, 1.54) is 10.9 Å². The molecule has 5 heteroatoms. The molecule has 2 aromatic heterocycles. The van der Waals surface area contributed by atoms with E-state index in [2.05, 4.69) is 34.2 Å². The van der Waals surface area contributed by atoms with E-state index in [-0.39, 0.29) is 0 Å². The molecule has 0 spiro atoms. The van der Waals surface area contributed by atoms with Crippen LogP contribution in [-0.4, -0.2) is 14.5 Å². The Bertz CT molecular complexity index is 1120. The molecule has 4 rings (SSSR count). The number of fused-ring (bicyclic) bond motifs is 2. The standard InChI is InChI=1S/C19H15N5/c1-24-18-15(10-20)8-13(9-17(18)23-19(24)21)6-12-2-3-14-4-5-22-11-16(14)7-12/h2-5,7-9,11H,6H2,1H3,(H2,21,23). The van der Waals surface area contributed by atoms with Crippen molar-refractivity contribution in [3.05, 3.63) is 65.5 Å². The van der Waals surface area contributed by atoms with Crippen LogP contribution >= 0.6 is 0 Å². The molecule has 0 aliphatic rings. The molecule has 2 heterocycles. The maximum Gasteiger partial charge on any atom is 0.200 e. The van der Waals surface area contributed by atoms with E-state index in [0.717, 1.165) is 28.4 Å². The summed E-state index contributed by atoms with van der Waals surface area (Å²) in [7, 11) is 1.82. The number of nitrogens with zero attached hydrogens (tertiary/aromatic N) is 4. The van der Waals surface area contributed by atoms with Crippen LogP contribution in [0.15, 0.2) is 48.8 Å². The van der Waals surface area contributed by atoms with Crippen LogP contribution in [0, 0.1) is 11.3 Å². The SMILES string of the molecule is Cn1c(N)nc2cc(Cc3ccc4ccncc4c3)cc(C#N)c21. The lowest BCUT2D eigenvalue weighted by Crippen LogP contribution is -1.97. The summed E-state index contributed by atoms with van der Waals surface area (Å²) in [6.45, 7) is 0. The van der Waals surface area contributed by atoms with E-state index >= 15 is 0 Å². The number of nitrogen functional groups attached to an aromatic ring is 1. The van der Waals surface area contributed by atoms with Gasteiger partial charge in [0.2, 0.25) is 5.95 Å². The summed E-state index contributed by atoms with van der Waals surface area (Å²) < 4.78 is 1.75. The molecule has 2 N–H and O–H groups in total. The van der Waals surface area contributed by atoms with Gasteiger partial charge in [-0.3, -0.25) is 4.98 Å². The van der Waals surface area contributed by atoms with E-state index < -0.39 is 0 Å². The highest BCUT2D eigenvalue weighted by atomic mass is 15.1. The molecule has 116 valence electrons. The van der Waals surface area contributed by atoms with Gasteiger partial charge in [-0.1, -0.05) is 12.1 Å². The van der Waals surface area contributed by atoms with Gasteiger partial charge in [0.05, 0.1) is 16.6 Å². The monoisotopic (exact) mass is 313 g/mol. The molecule has 2 aromatic carbocycles. The fourth-order valence-corrected chi connectivity index (χ4v) is 3.10. The molecule has 5 nitrogen and oxygen atoms in total. The zero-order chi connectivity index (χ0) is 16.7. The minimum atomic E-state index is 0.412. The molecule has 0 aliphatic heterocycles. The number of benzene rings is 2. The highest BCUT2D eigenvalue weighted by Gasteiger charge is 2.12. The van der Waals surface area contributed by atoms with E-state index in [4.69, 9.17) is 5.73 Å². The molecule has 0 bridgehead atoms. The van der Waals surface area contributed by atoms with Crippen LogP contribution in [0.3, 0.4) is 0 Å². The van der Waals surface area contributed by atoms with Gasteiger partial charge in [-0.15, -0.1) is 0 Å². The molecule has 0 atom stereocenters. The maximum atomic E-state index is 9.46. The number of nitrogens with two attached hydrogens (primary N) is 1. The lowest BCUT2D eigenvalue weighted by Gasteiger charge is -2.06. The quantitative estimate of drug-likeness (QED) is 0.616. The zero-order valence-electron chi connectivity index (χ0n) is 13.2. The third kappa shape index (κ3) is 2.25. The number of aryl methyl sites for hydroxylation is 1. The van der Waals surface area contributed by atoms with E-state index in [1.54, 1.807) is 10.8 Å². The Morgan fingerprint density at radius 3 is 2.83 bits per heavy atom. The van der Waals surface area contributed by atoms with Gasteiger partial charge in [0, 0.05) is 24.8 Å². The molecule has 24 heavy (non-hydrogen) atoms. The Balaban J connectivity index is 1.80. The first kappa shape index (κ1) is 14.2. The topological polar surface area (TPSA) is 80.5 Å². The predicted octanol–water partition coefficient (Wildman–Crippen LogP) is 3.17. The Morgan fingerprint density at radius 2 is 2.00 bits per heavy atom. The molecule has 0 saturated heterocycles. The summed E-state index contributed by atoms with van der Waals surface area (Å²) in [4.78, 5) is 8.53. The summed E-state index contributed by atoms with van der Waals surface area (Å²) in [6, 6.07) is 14.5. The molecular formula is C19H15N5. The van der Waals surface area contributed by atoms with Gasteiger partial charge in [0.1, 0.15) is 6.07 Å². The molecule has 0 amide bonds. The third-order valence-electron chi connectivity index (χ3n) is 4.30. The van der Waals surface area contributed by atoms with Crippen molar-refractivity contribution in [2.75, 3.05) is 5.73 Å². The van der Waals surface area contributed by atoms with Gasteiger partial charge in [-0.2, -0.15) is 5.26 Å². The number of pyridine rings is 1. The van der Waals surface area contributed by atoms with Crippen LogP contribution in [0.1, 0.15) is 16.7 Å². The highest BCUT2D eigenvalue weighted by Crippen LogP contribution is 2.24. The first-order chi connectivity index (χ1) is 11.7. The number of hydrogen-bond acceptors (Lipinski definition) is 4. The second-order valence-corrected chi connectivity index (χ2v) is 5.89. The van der Waals surface area contributed by atoms with Crippen molar-refractivity contribution in [3.63, 3.8) is 0 Å². The zero-order valence-corrected chi connectivity index (χ0v) is 13.2. The predicted molar refractivity (Wildman–Crippen MR) is 94.4 cm³/mol. The number of anilines is 1. The summed E-state index contributed by atoms with van der Waals surface area (Å²) in [5, 5.41) is 11.7.